The van der Waals surface area contributed by atoms with Gasteiger partial charge in [0.15, 0.2) is 0 Å². The second kappa shape index (κ2) is 6.02. The van der Waals surface area contributed by atoms with Crippen LogP contribution in [-0.2, 0) is 10.6 Å². The van der Waals surface area contributed by atoms with Gasteiger partial charge in [-0.2, -0.15) is 0 Å². The lowest BCUT2D eigenvalue weighted by atomic mass is 10.1. The Morgan fingerprint density at radius 2 is 2.16 bits per heavy atom. The van der Waals surface area contributed by atoms with E-state index in [0.717, 1.165) is 12.3 Å². The maximum atomic E-state index is 13.6. The van der Waals surface area contributed by atoms with Gasteiger partial charge in [0.25, 0.3) is 0 Å². The first-order valence-corrected chi connectivity index (χ1v) is 6.19. The fourth-order valence-electron chi connectivity index (χ4n) is 1.38. The average molecular weight is 287 g/mol. The van der Waals surface area contributed by atoms with Gasteiger partial charge in [-0.25, -0.2) is 9.18 Å². The minimum Gasteiger partial charge on any atom is -0.444 e. The topological polar surface area (TPSA) is 62.2 Å². The van der Waals surface area contributed by atoms with Crippen LogP contribution in [0.2, 0.25) is 0 Å². The Morgan fingerprint density at radius 3 is 2.63 bits per heavy atom. The smallest absolute Gasteiger partial charge is 0.412 e. The summed E-state index contributed by atoms with van der Waals surface area (Å²) in [5.74, 6) is -0.536. The number of nitrogens with one attached hydrogen (secondary N) is 2. The molecule has 1 rings (SSSR count). The number of halogens is 2. The van der Waals surface area contributed by atoms with E-state index in [9.17, 15) is 9.18 Å². The third-order valence-corrected chi connectivity index (χ3v) is 2.44. The van der Waals surface area contributed by atoms with E-state index in [1.165, 1.54) is 6.07 Å². The molecule has 4 nitrogen and oxygen atoms in total. The summed E-state index contributed by atoms with van der Waals surface area (Å²) in [4.78, 5) is 11.6. The van der Waals surface area contributed by atoms with Crippen LogP contribution >= 0.6 is 11.6 Å². The van der Waals surface area contributed by atoms with E-state index in [4.69, 9.17) is 21.7 Å². The first-order valence-electron chi connectivity index (χ1n) is 5.65. The normalized spacial score (nSPS) is 11.0. The second-order valence-electron chi connectivity index (χ2n) is 4.94. The number of hydrogen-bond donors (Lipinski definition) is 2. The Kier molecular flexibility index (Phi) is 4.89. The largest absolute Gasteiger partial charge is 0.444 e. The molecule has 19 heavy (non-hydrogen) atoms. The van der Waals surface area contributed by atoms with Gasteiger partial charge in [0.1, 0.15) is 11.4 Å². The van der Waals surface area contributed by atoms with Crippen LogP contribution in [0.5, 0.6) is 0 Å². The summed E-state index contributed by atoms with van der Waals surface area (Å²) in [6.07, 6.45) is 0.316. The summed E-state index contributed by atoms with van der Waals surface area (Å²) in [5, 5.41) is 9.68. The zero-order valence-electron chi connectivity index (χ0n) is 11.0. The Bertz CT molecular complexity index is 498. The van der Waals surface area contributed by atoms with E-state index in [0.29, 0.717) is 5.56 Å². The highest BCUT2D eigenvalue weighted by Crippen LogP contribution is 2.21. The molecule has 0 saturated heterocycles. The monoisotopic (exact) mass is 286 g/mol. The Balaban J connectivity index is 2.98. The van der Waals surface area contributed by atoms with E-state index in [2.05, 4.69) is 5.32 Å². The van der Waals surface area contributed by atoms with Crippen LogP contribution in [-0.4, -0.2) is 17.9 Å². The van der Waals surface area contributed by atoms with Gasteiger partial charge in [-0.1, -0.05) is 0 Å². The fourth-order valence-corrected chi connectivity index (χ4v) is 1.59. The number of hydrogen-bond acceptors (Lipinski definition) is 3. The van der Waals surface area contributed by atoms with Crippen LogP contribution in [0.25, 0.3) is 0 Å². The molecule has 0 aliphatic carbocycles. The molecule has 1 amide bonds. The van der Waals surface area contributed by atoms with Crippen molar-refractivity contribution >= 4 is 29.6 Å². The van der Waals surface area contributed by atoms with Crippen LogP contribution in [0.1, 0.15) is 31.9 Å². The first-order chi connectivity index (χ1) is 8.76. The maximum absolute atomic E-state index is 13.6. The van der Waals surface area contributed by atoms with E-state index in [-0.39, 0.29) is 17.1 Å². The molecule has 0 heterocycles. The molecule has 0 bridgehead atoms. The quantitative estimate of drug-likeness (QED) is 0.654. The van der Waals surface area contributed by atoms with Gasteiger partial charge in [0.05, 0.1) is 11.6 Å². The molecule has 1 aromatic carbocycles. The number of alkyl halides is 1. The number of ether oxygens (including phenoxy) is 1. The second-order valence-corrected chi connectivity index (χ2v) is 5.20. The highest BCUT2D eigenvalue weighted by atomic mass is 35.5. The molecular formula is C13H16ClFN2O2. The fraction of sp³-hybridized carbons (Fsp3) is 0.385. The summed E-state index contributed by atoms with van der Waals surface area (Å²) in [5.41, 5.74) is 0.164. The van der Waals surface area contributed by atoms with Gasteiger partial charge in [-0.3, -0.25) is 5.32 Å². The third-order valence-electron chi connectivity index (χ3n) is 2.15. The predicted molar refractivity (Wildman–Crippen MR) is 73.7 cm³/mol. The minimum atomic E-state index is -0.700. The molecule has 0 aromatic heterocycles. The van der Waals surface area contributed by atoms with Crippen molar-refractivity contribution in [3.05, 3.63) is 29.1 Å². The van der Waals surface area contributed by atoms with Gasteiger partial charge >= 0.3 is 6.09 Å². The molecule has 0 spiro atoms. The number of carbonyl (C=O) groups excluding carboxylic acids is 1. The van der Waals surface area contributed by atoms with E-state index in [1.54, 1.807) is 20.8 Å². The van der Waals surface area contributed by atoms with Crippen LogP contribution in [0, 0.1) is 11.2 Å². The molecule has 2 N–H and O–H groups in total. The van der Waals surface area contributed by atoms with Gasteiger partial charge in [-0.15, -0.1) is 11.6 Å². The van der Waals surface area contributed by atoms with E-state index in [1.807, 2.05) is 0 Å². The van der Waals surface area contributed by atoms with Crippen molar-refractivity contribution < 1.29 is 13.9 Å². The number of carbonyl (C=O) groups is 1. The predicted octanol–water partition coefficient (Wildman–Crippen LogP) is 3.91. The highest BCUT2D eigenvalue weighted by Gasteiger charge is 2.18. The summed E-state index contributed by atoms with van der Waals surface area (Å²) in [6, 6.07) is 2.55. The van der Waals surface area contributed by atoms with Crippen LogP contribution in [0.4, 0.5) is 14.9 Å². The molecule has 0 fully saturated rings. The molecular weight excluding hydrogens is 271 g/mol. The van der Waals surface area contributed by atoms with Crippen molar-refractivity contribution in [1.82, 2.24) is 0 Å². The Hall–Kier alpha value is -1.62. The lowest BCUT2D eigenvalue weighted by Gasteiger charge is -2.20. The van der Waals surface area contributed by atoms with Crippen molar-refractivity contribution in [2.75, 3.05) is 5.32 Å². The molecule has 0 radical (unpaired) electrons. The standard InChI is InChI=1S/C13H16ClFN2O2/c1-13(2,3)19-12(18)17-11-5-10(15)8(6-14)4-9(11)7-16/h4-5,7,16H,6H2,1-3H3,(H,17,18). The van der Waals surface area contributed by atoms with Crippen molar-refractivity contribution in [1.29, 1.82) is 5.41 Å². The van der Waals surface area contributed by atoms with Crippen molar-refractivity contribution in [2.45, 2.75) is 32.3 Å². The van der Waals surface area contributed by atoms with Crippen LogP contribution in [0.3, 0.4) is 0 Å². The van der Waals surface area contributed by atoms with E-state index < -0.39 is 17.5 Å². The Morgan fingerprint density at radius 1 is 1.53 bits per heavy atom. The zero-order chi connectivity index (χ0) is 14.6. The number of anilines is 1. The van der Waals surface area contributed by atoms with Gasteiger partial charge in [0.2, 0.25) is 0 Å². The summed E-state index contributed by atoms with van der Waals surface area (Å²) in [6.45, 7) is 5.17. The molecule has 0 saturated carbocycles. The highest BCUT2D eigenvalue weighted by molar-refractivity contribution is 6.17. The van der Waals surface area contributed by atoms with Crippen LogP contribution in [0.15, 0.2) is 12.1 Å². The maximum Gasteiger partial charge on any atom is 0.412 e. The number of rotatable bonds is 3. The van der Waals surface area contributed by atoms with Crippen molar-refractivity contribution in [2.24, 2.45) is 0 Å². The molecule has 0 aliphatic heterocycles. The van der Waals surface area contributed by atoms with Crippen molar-refractivity contribution in [3.63, 3.8) is 0 Å². The molecule has 0 unspecified atom stereocenters. The average Bonchev–Trinajstić information content (AvgIpc) is 2.26. The molecule has 104 valence electrons. The minimum absolute atomic E-state index is 0.000604. The zero-order valence-corrected chi connectivity index (χ0v) is 11.8. The van der Waals surface area contributed by atoms with E-state index >= 15 is 0 Å². The molecule has 0 atom stereocenters. The molecule has 6 heteroatoms. The number of benzene rings is 1. The lowest BCUT2D eigenvalue weighted by molar-refractivity contribution is 0.0636. The third kappa shape index (κ3) is 4.52. The summed E-state index contributed by atoms with van der Waals surface area (Å²) >= 11 is 5.58. The molecule has 0 aliphatic rings. The van der Waals surface area contributed by atoms with Crippen molar-refractivity contribution in [3.8, 4) is 0 Å². The van der Waals surface area contributed by atoms with Gasteiger partial charge < -0.3 is 10.1 Å². The van der Waals surface area contributed by atoms with Gasteiger partial charge in [-0.05, 0) is 32.9 Å². The summed E-state index contributed by atoms with van der Waals surface area (Å²) in [7, 11) is 0. The Labute approximate surface area is 116 Å². The summed E-state index contributed by atoms with van der Waals surface area (Å²) < 4.78 is 18.7. The lowest BCUT2D eigenvalue weighted by Crippen LogP contribution is -2.27. The molecule has 1 aromatic rings. The van der Waals surface area contributed by atoms with Gasteiger partial charge in [0, 0.05) is 17.3 Å². The first kappa shape index (κ1) is 15.4. The number of amides is 1. The SMILES string of the molecule is CC(C)(C)OC(=O)Nc1cc(F)c(CCl)cc1C=N. The van der Waals surface area contributed by atoms with Crippen LogP contribution < -0.4 is 5.32 Å².